The zero-order valence-electron chi connectivity index (χ0n) is 12.7. The first-order valence-electron chi connectivity index (χ1n) is 8.09. The van der Waals surface area contributed by atoms with E-state index < -0.39 is 0 Å². The fourth-order valence-electron chi connectivity index (χ4n) is 3.76. The molecule has 0 unspecified atom stereocenters. The van der Waals surface area contributed by atoms with E-state index in [4.69, 9.17) is 0 Å². The van der Waals surface area contributed by atoms with Crippen molar-refractivity contribution in [2.45, 2.75) is 51.9 Å². The number of hydrogen-bond acceptors (Lipinski definition) is 2. The molecule has 0 N–H and O–H groups in total. The second-order valence-electron chi connectivity index (χ2n) is 6.28. The van der Waals surface area contributed by atoms with Gasteiger partial charge in [0.05, 0.1) is 0 Å². The highest BCUT2D eigenvalue weighted by atomic mass is 16.1. The van der Waals surface area contributed by atoms with Gasteiger partial charge in [-0.3, -0.25) is 9.59 Å². The maximum atomic E-state index is 12.9. The summed E-state index contributed by atoms with van der Waals surface area (Å²) in [5, 5.41) is 0. The van der Waals surface area contributed by atoms with E-state index in [9.17, 15) is 9.59 Å². The fourth-order valence-corrected chi connectivity index (χ4v) is 3.76. The van der Waals surface area contributed by atoms with Crippen molar-refractivity contribution in [3.63, 3.8) is 0 Å². The number of benzene rings is 1. The molecule has 0 amide bonds. The van der Waals surface area contributed by atoms with Crippen LogP contribution in [0.1, 0.15) is 72.6 Å². The summed E-state index contributed by atoms with van der Waals surface area (Å²) in [5.74, 6) is 0.408. The molecular formula is C19H22O2. The zero-order valence-corrected chi connectivity index (χ0v) is 12.7. The van der Waals surface area contributed by atoms with Gasteiger partial charge in [-0.15, -0.1) is 0 Å². The highest BCUT2D eigenvalue weighted by Crippen LogP contribution is 2.36. The Kier molecular flexibility index (Phi) is 4.05. The Morgan fingerprint density at radius 1 is 0.810 bits per heavy atom. The van der Waals surface area contributed by atoms with E-state index in [1.807, 2.05) is 19.1 Å². The lowest BCUT2D eigenvalue weighted by Crippen LogP contribution is -2.25. The van der Waals surface area contributed by atoms with E-state index in [0.717, 1.165) is 18.4 Å². The predicted molar refractivity (Wildman–Crippen MR) is 83.6 cm³/mol. The highest BCUT2D eigenvalue weighted by Gasteiger charge is 2.33. The molecule has 1 aromatic carbocycles. The van der Waals surface area contributed by atoms with Crippen LogP contribution in [-0.4, -0.2) is 11.6 Å². The lowest BCUT2D eigenvalue weighted by Gasteiger charge is -2.27. The standard InChI is InChI=1S/C19H22O2/c1-13-17(14-9-5-3-2-4-6-10-14)19(21)16-12-8-7-11-15(16)18(13)20/h7-8,11-12,14H,2-6,9-10H2,1H3. The van der Waals surface area contributed by atoms with Crippen LogP contribution in [-0.2, 0) is 0 Å². The molecule has 0 heterocycles. The van der Waals surface area contributed by atoms with Crippen molar-refractivity contribution in [2.24, 2.45) is 5.92 Å². The third kappa shape index (κ3) is 2.59. The molecule has 0 aliphatic heterocycles. The van der Waals surface area contributed by atoms with Crippen molar-refractivity contribution in [1.82, 2.24) is 0 Å². The number of ketones is 2. The summed E-state index contributed by atoms with van der Waals surface area (Å²) in [6.07, 6.45) is 8.25. The van der Waals surface area contributed by atoms with Crippen LogP contribution < -0.4 is 0 Å². The van der Waals surface area contributed by atoms with Gasteiger partial charge < -0.3 is 0 Å². The summed E-state index contributed by atoms with van der Waals surface area (Å²) in [6.45, 7) is 1.84. The Balaban J connectivity index is 1.99. The second kappa shape index (κ2) is 5.97. The van der Waals surface area contributed by atoms with Crippen LogP contribution in [0.3, 0.4) is 0 Å². The Labute approximate surface area is 126 Å². The molecule has 0 atom stereocenters. The lowest BCUT2D eigenvalue weighted by molar-refractivity contribution is 0.0962. The summed E-state index contributed by atoms with van der Waals surface area (Å²) >= 11 is 0. The van der Waals surface area contributed by atoms with Crippen molar-refractivity contribution >= 4 is 11.6 Å². The van der Waals surface area contributed by atoms with Crippen LogP contribution in [0, 0.1) is 5.92 Å². The van der Waals surface area contributed by atoms with Crippen molar-refractivity contribution in [3.8, 4) is 0 Å². The summed E-state index contributed by atoms with van der Waals surface area (Å²) in [6, 6.07) is 7.25. The summed E-state index contributed by atoms with van der Waals surface area (Å²) < 4.78 is 0. The van der Waals surface area contributed by atoms with Gasteiger partial charge in [0.2, 0.25) is 0 Å². The highest BCUT2D eigenvalue weighted by molar-refractivity contribution is 6.26. The molecule has 2 heteroatoms. The first-order valence-corrected chi connectivity index (χ1v) is 8.09. The normalized spacial score (nSPS) is 21.0. The topological polar surface area (TPSA) is 34.1 Å². The molecule has 1 saturated carbocycles. The number of fused-ring (bicyclic) bond motifs is 1. The molecular weight excluding hydrogens is 260 g/mol. The smallest absolute Gasteiger partial charge is 0.190 e. The lowest BCUT2D eigenvalue weighted by atomic mass is 9.75. The second-order valence-corrected chi connectivity index (χ2v) is 6.28. The van der Waals surface area contributed by atoms with Gasteiger partial charge in [0.1, 0.15) is 0 Å². The zero-order chi connectivity index (χ0) is 14.8. The number of hydrogen-bond donors (Lipinski definition) is 0. The molecule has 2 aliphatic carbocycles. The van der Waals surface area contributed by atoms with Gasteiger partial charge in [-0.25, -0.2) is 0 Å². The molecule has 21 heavy (non-hydrogen) atoms. The van der Waals surface area contributed by atoms with Gasteiger partial charge >= 0.3 is 0 Å². The molecule has 110 valence electrons. The van der Waals surface area contributed by atoms with Crippen molar-refractivity contribution < 1.29 is 9.59 Å². The Hall–Kier alpha value is -1.70. The average Bonchev–Trinajstić information content (AvgIpc) is 2.47. The largest absolute Gasteiger partial charge is 0.289 e. The van der Waals surface area contributed by atoms with Crippen molar-refractivity contribution in [2.75, 3.05) is 0 Å². The molecule has 2 nitrogen and oxygen atoms in total. The number of Topliss-reactive ketones (excluding diaryl/α,β-unsaturated/α-hetero) is 2. The van der Waals surface area contributed by atoms with E-state index in [-0.39, 0.29) is 17.5 Å². The van der Waals surface area contributed by atoms with Crippen LogP contribution in [0.2, 0.25) is 0 Å². The molecule has 1 aromatic rings. The number of rotatable bonds is 1. The molecule has 0 radical (unpaired) electrons. The number of allylic oxidation sites excluding steroid dienone is 2. The quantitative estimate of drug-likeness (QED) is 0.745. The van der Waals surface area contributed by atoms with Crippen LogP contribution in [0.25, 0.3) is 0 Å². The summed E-state index contributed by atoms with van der Waals surface area (Å²) in [7, 11) is 0. The average molecular weight is 282 g/mol. The molecule has 0 aromatic heterocycles. The van der Waals surface area contributed by atoms with Crippen molar-refractivity contribution in [1.29, 1.82) is 0 Å². The van der Waals surface area contributed by atoms with Crippen LogP contribution in [0.15, 0.2) is 35.4 Å². The molecule has 1 fully saturated rings. The molecule has 0 bridgehead atoms. The Bertz CT molecular complexity index is 602. The summed E-state index contributed by atoms with van der Waals surface area (Å²) in [4.78, 5) is 25.4. The minimum absolute atomic E-state index is 0.0438. The SMILES string of the molecule is CC1=C(C2CCCCCCC2)C(=O)c2ccccc2C1=O. The van der Waals surface area contributed by atoms with Gasteiger partial charge in [0.25, 0.3) is 0 Å². The van der Waals surface area contributed by atoms with E-state index in [1.54, 1.807) is 12.1 Å². The fraction of sp³-hybridized carbons (Fsp3) is 0.474. The third-order valence-electron chi connectivity index (χ3n) is 4.92. The van der Waals surface area contributed by atoms with E-state index in [2.05, 4.69) is 0 Å². The Morgan fingerprint density at radius 2 is 1.33 bits per heavy atom. The van der Waals surface area contributed by atoms with Crippen LogP contribution in [0.4, 0.5) is 0 Å². The minimum atomic E-state index is 0.0438. The third-order valence-corrected chi connectivity index (χ3v) is 4.92. The van der Waals surface area contributed by atoms with E-state index in [0.29, 0.717) is 16.7 Å². The monoisotopic (exact) mass is 282 g/mol. The first-order chi connectivity index (χ1) is 10.2. The van der Waals surface area contributed by atoms with Gasteiger partial charge in [-0.2, -0.15) is 0 Å². The summed E-state index contributed by atoms with van der Waals surface area (Å²) in [5.41, 5.74) is 2.67. The number of carbonyl (C=O) groups excluding carboxylic acids is 2. The van der Waals surface area contributed by atoms with Gasteiger partial charge in [-0.05, 0) is 25.7 Å². The maximum absolute atomic E-state index is 12.9. The first kappa shape index (κ1) is 14.2. The van der Waals surface area contributed by atoms with Gasteiger partial charge in [0.15, 0.2) is 11.6 Å². The minimum Gasteiger partial charge on any atom is -0.289 e. The molecule has 3 rings (SSSR count). The number of carbonyl (C=O) groups is 2. The molecule has 0 saturated heterocycles. The van der Waals surface area contributed by atoms with Gasteiger partial charge in [-0.1, -0.05) is 56.4 Å². The van der Waals surface area contributed by atoms with E-state index >= 15 is 0 Å². The van der Waals surface area contributed by atoms with Crippen LogP contribution in [0.5, 0.6) is 0 Å². The van der Waals surface area contributed by atoms with Crippen LogP contribution >= 0.6 is 0 Å². The molecule has 0 spiro atoms. The Morgan fingerprint density at radius 3 is 1.95 bits per heavy atom. The van der Waals surface area contributed by atoms with Crippen molar-refractivity contribution in [3.05, 3.63) is 46.5 Å². The maximum Gasteiger partial charge on any atom is 0.190 e. The van der Waals surface area contributed by atoms with E-state index in [1.165, 1.54) is 32.1 Å². The predicted octanol–water partition coefficient (Wildman–Crippen LogP) is 4.74. The van der Waals surface area contributed by atoms with Gasteiger partial charge in [0, 0.05) is 22.3 Å². The molecule has 2 aliphatic rings.